The lowest BCUT2D eigenvalue weighted by molar-refractivity contribution is 0.141. The number of benzene rings is 2. The molecule has 0 aliphatic carbocycles. The fraction of sp³-hybridized carbons (Fsp3) is 0.429. The third kappa shape index (κ3) is 6.16. The number of anilines is 2. The number of piperidine rings is 2. The molecule has 1 N–H and O–H groups in total. The van der Waals surface area contributed by atoms with Crippen LogP contribution in [0.25, 0.3) is 11.1 Å². The van der Waals surface area contributed by atoms with E-state index in [9.17, 15) is 8.78 Å². The van der Waals surface area contributed by atoms with E-state index in [4.69, 9.17) is 28.2 Å². The van der Waals surface area contributed by atoms with E-state index in [2.05, 4.69) is 20.1 Å². The van der Waals surface area contributed by atoms with Crippen LogP contribution >= 0.6 is 23.2 Å². The summed E-state index contributed by atoms with van der Waals surface area (Å²) in [6.07, 6.45) is 8.25. The van der Waals surface area contributed by atoms with Gasteiger partial charge in [0.1, 0.15) is 17.5 Å². The van der Waals surface area contributed by atoms with Crippen LogP contribution in [0, 0.1) is 11.6 Å². The molecule has 2 aromatic carbocycles. The van der Waals surface area contributed by atoms with Gasteiger partial charge in [-0.25, -0.2) is 13.8 Å². The van der Waals surface area contributed by atoms with Gasteiger partial charge in [-0.3, -0.25) is 0 Å². The molecular formula is C28H31Cl2F2N5. The van der Waals surface area contributed by atoms with Gasteiger partial charge in [-0.2, -0.15) is 4.98 Å². The molecule has 0 saturated carbocycles. The van der Waals surface area contributed by atoms with Crippen LogP contribution in [0.5, 0.6) is 0 Å². The van der Waals surface area contributed by atoms with Gasteiger partial charge in [0, 0.05) is 59.1 Å². The van der Waals surface area contributed by atoms with Crippen LogP contribution in [0.15, 0.2) is 42.6 Å². The smallest absolute Gasteiger partial charge is 0.227 e. The van der Waals surface area contributed by atoms with E-state index in [1.807, 2.05) is 6.07 Å². The Labute approximate surface area is 226 Å². The van der Waals surface area contributed by atoms with Gasteiger partial charge < -0.3 is 15.1 Å². The predicted octanol–water partition coefficient (Wildman–Crippen LogP) is 6.84. The van der Waals surface area contributed by atoms with Crippen molar-refractivity contribution < 1.29 is 8.78 Å². The molecule has 9 heteroatoms. The van der Waals surface area contributed by atoms with Crippen molar-refractivity contribution in [3.05, 3.63) is 69.8 Å². The van der Waals surface area contributed by atoms with Crippen LogP contribution in [-0.2, 0) is 6.42 Å². The minimum atomic E-state index is -0.657. The molecule has 196 valence electrons. The summed E-state index contributed by atoms with van der Waals surface area (Å²) in [5.74, 6) is -0.174. The molecule has 0 bridgehead atoms. The molecule has 3 aromatic rings. The Balaban J connectivity index is 1.35. The first kappa shape index (κ1) is 26.1. The minimum absolute atomic E-state index is 0.245. The molecule has 0 atom stereocenters. The number of likely N-dealkylation sites (tertiary alicyclic amines) is 1. The highest BCUT2D eigenvalue weighted by atomic mass is 35.5. The molecular weight excluding hydrogens is 515 g/mol. The molecule has 0 amide bonds. The molecule has 5 nitrogen and oxygen atoms in total. The van der Waals surface area contributed by atoms with Crippen molar-refractivity contribution in [1.82, 2.24) is 14.9 Å². The number of nitrogens with zero attached hydrogens (tertiary/aromatic N) is 4. The zero-order valence-corrected chi connectivity index (χ0v) is 22.2. The van der Waals surface area contributed by atoms with Crippen LogP contribution in [0.1, 0.15) is 37.7 Å². The molecule has 0 spiro atoms. The molecule has 1 aromatic heterocycles. The van der Waals surface area contributed by atoms with Gasteiger partial charge in [0.25, 0.3) is 0 Å². The Bertz CT molecular complexity index is 1210. The third-order valence-corrected chi connectivity index (χ3v) is 8.09. The number of nitrogens with one attached hydrogen (secondary N) is 1. The van der Waals surface area contributed by atoms with Crippen molar-refractivity contribution >= 4 is 35.0 Å². The highest BCUT2D eigenvalue weighted by Gasteiger charge is 2.27. The summed E-state index contributed by atoms with van der Waals surface area (Å²) < 4.78 is 28.3. The van der Waals surface area contributed by atoms with Gasteiger partial charge in [-0.05, 0) is 75.0 Å². The Morgan fingerprint density at radius 1 is 0.919 bits per heavy atom. The van der Waals surface area contributed by atoms with Gasteiger partial charge in [0.15, 0.2) is 0 Å². The molecule has 37 heavy (non-hydrogen) atoms. The van der Waals surface area contributed by atoms with Crippen molar-refractivity contribution in [2.24, 2.45) is 0 Å². The molecule has 3 heterocycles. The van der Waals surface area contributed by atoms with E-state index in [0.717, 1.165) is 37.6 Å². The van der Waals surface area contributed by atoms with E-state index in [-0.39, 0.29) is 5.56 Å². The van der Waals surface area contributed by atoms with Crippen molar-refractivity contribution in [2.45, 2.75) is 44.6 Å². The summed E-state index contributed by atoms with van der Waals surface area (Å²) in [4.78, 5) is 14.2. The van der Waals surface area contributed by atoms with Crippen LogP contribution in [0.4, 0.5) is 20.5 Å². The second-order valence-electron chi connectivity index (χ2n) is 9.75. The maximum atomic E-state index is 14.7. The standard InChI is InChI=1S/C28H31Cl2F2N5/c29-24-5-4-6-25(30)22(24)9-12-33-27-23(21-8-7-19(31)17-26(21)32)18-34-28(35-27)37-15-10-20(11-16-37)36-13-2-1-3-14-36/h4-8,17-18,20H,1-3,9-16H2,(H,33,34,35). The summed E-state index contributed by atoms with van der Waals surface area (Å²) in [5.41, 5.74) is 1.56. The SMILES string of the molecule is Fc1ccc(-c2cnc(N3CCC(N4CCCCC4)CC3)nc2NCCc2c(Cl)cccc2Cl)c(F)c1. The summed E-state index contributed by atoms with van der Waals surface area (Å²) in [6.45, 7) is 4.62. The Morgan fingerprint density at radius 3 is 2.35 bits per heavy atom. The van der Waals surface area contributed by atoms with E-state index in [1.54, 1.807) is 18.3 Å². The fourth-order valence-electron chi connectivity index (χ4n) is 5.36. The lowest BCUT2D eigenvalue weighted by atomic mass is 10.00. The molecule has 0 unspecified atom stereocenters. The fourth-order valence-corrected chi connectivity index (χ4v) is 5.94. The maximum Gasteiger partial charge on any atom is 0.227 e. The largest absolute Gasteiger partial charge is 0.369 e. The first-order valence-electron chi connectivity index (χ1n) is 13.0. The Hall–Kier alpha value is -2.48. The van der Waals surface area contributed by atoms with Crippen molar-refractivity contribution in [2.75, 3.05) is 42.9 Å². The third-order valence-electron chi connectivity index (χ3n) is 7.38. The van der Waals surface area contributed by atoms with Crippen LogP contribution in [0.2, 0.25) is 10.0 Å². The Morgan fingerprint density at radius 2 is 1.65 bits per heavy atom. The van der Waals surface area contributed by atoms with Crippen molar-refractivity contribution in [3.8, 4) is 11.1 Å². The van der Waals surface area contributed by atoms with E-state index in [0.29, 0.717) is 46.4 Å². The van der Waals surface area contributed by atoms with Crippen molar-refractivity contribution in [3.63, 3.8) is 0 Å². The van der Waals surface area contributed by atoms with Crippen molar-refractivity contribution in [1.29, 1.82) is 0 Å². The summed E-state index contributed by atoms with van der Waals surface area (Å²) in [5, 5.41) is 4.53. The number of hydrogen-bond donors (Lipinski definition) is 1. The second kappa shape index (κ2) is 11.9. The maximum absolute atomic E-state index is 14.7. The summed E-state index contributed by atoms with van der Waals surface area (Å²) in [6, 6.07) is 9.57. The minimum Gasteiger partial charge on any atom is -0.369 e. The van der Waals surface area contributed by atoms with Gasteiger partial charge in [-0.15, -0.1) is 0 Å². The number of hydrogen-bond acceptors (Lipinski definition) is 5. The van der Waals surface area contributed by atoms with E-state index >= 15 is 0 Å². The quantitative estimate of drug-likeness (QED) is 0.352. The van der Waals surface area contributed by atoms with Gasteiger partial charge in [-0.1, -0.05) is 35.7 Å². The summed E-state index contributed by atoms with van der Waals surface area (Å²) in [7, 11) is 0. The second-order valence-corrected chi connectivity index (χ2v) is 10.6. The van der Waals surface area contributed by atoms with E-state index < -0.39 is 11.6 Å². The van der Waals surface area contributed by atoms with Gasteiger partial charge in [0.2, 0.25) is 5.95 Å². The van der Waals surface area contributed by atoms with E-state index in [1.165, 1.54) is 44.5 Å². The van der Waals surface area contributed by atoms with Gasteiger partial charge in [0.05, 0.1) is 0 Å². The molecule has 2 fully saturated rings. The zero-order chi connectivity index (χ0) is 25.8. The zero-order valence-electron chi connectivity index (χ0n) is 20.7. The molecule has 2 aliphatic rings. The van der Waals surface area contributed by atoms with Crippen LogP contribution in [0.3, 0.4) is 0 Å². The monoisotopic (exact) mass is 545 g/mol. The first-order chi connectivity index (χ1) is 18.0. The normalized spacial score (nSPS) is 17.2. The average molecular weight is 546 g/mol. The number of aromatic nitrogens is 2. The predicted molar refractivity (Wildman–Crippen MR) is 147 cm³/mol. The molecule has 2 saturated heterocycles. The van der Waals surface area contributed by atoms with Gasteiger partial charge >= 0.3 is 0 Å². The molecule has 2 aliphatic heterocycles. The highest BCUT2D eigenvalue weighted by Crippen LogP contribution is 2.32. The topological polar surface area (TPSA) is 44.3 Å². The lowest BCUT2D eigenvalue weighted by Gasteiger charge is -2.40. The number of rotatable bonds is 7. The highest BCUT2D eigenvalue weighted by molar-refractivity contribution is 6.36. The first-order valence-corrected chi connectivity index (χ1v) is 13.7. The van der Waals surface area contributed by atoms with Crippen LogP contribution in [-0.4, -0.2) is 53.6 Å². The average Bonchev–Trinajstić information content (AvgIpc) is 2.91. The Kier molecular flexibility index (Phi) is 8.43. The molecule has 0 radical (unpaired) electrons. The lowest BCUT2D eigenvalue weighted by Crippen LogP contribution is -2.47. The van der Waals surface area contributed by atoms with Crippen LogP contribution < -0.4 is 10.2 Å². The summed E-state index contributed by atoms with van der Waals surface area (Å²) >= 11 is 12.7. The number of halogens is 4. The molecule has 5 rings (SSSR count).